The molecule has 4 rings (SSSR count). The predicted molar refractivity (Wildman–Crippen MR) is 101 cm³/mol. The number of amides is 1. The van der Waals surface area contributed by atoms with Crippen molar-refractivity contribution in [3.05, 3.63) is 82.7 Å². The number of anilines is 1. The molecule has 0 saturated heterocycles. The minimum Gasteiger partial charge on any atom is -0.307 e. The molecule has 2 aromatic carbocycles. The number of nitrogens with zero attached hydrogens (tertiary/aromatic N) is 3. The summed E-state index contributed by atoms with van der Waals surface area (Å²) in [6, 6.07) is 15.0. The van der Waals surface area contributed by atoms with Crippen LogP contribution in [0.3, 0.4) is 0 Å². The maximum Gasteiger partial charge on any atom is 0.254 e. The second-order valence-corrected chi connectivity index (χ2v) is 6.69. The molecule has 0 bridgehead atoms. The number of rotatable bonds is 3. The number of benzene rings is 2. The van der Waals surface area contributed by atoms with E-state index in [2.05, 4.69) is 4.98 Å². The number of hydrogen-bond donors (Lipinski definition) is 0. The smallest absolute Gasteiger partial charge is 0.254 e. The summed E-state index contributed by atoms with van der Waals surface area (Å²) < 4.78 is 14.3. The van der Waals surface area contributed by atoms with Crippen LogP contribution in [-0.4, -0.2) is 21.5 Å². The lowest BCUT2D eigenvalue weighted by atomic mass is 10.1. The van der Waals surface area contributed by atoms with Crippen LogP contribution >= 0.6 is 0 Å². The van der Waals surface area contributed by atoms with Crippen molar-refractivity contribution in [1.29, 1.82) is 0 Å². The molecule has 136 valence electrons. The summed E-state index contributed by atoms with van der Waals surface area (Å²) in [5, 5.41) is 0. The molecule has 5 nitrogen and oxygen atoms in total. The zero-order valence-corrected chi connectivity index (χ0v) is 14.8. The van der Waals surface area contributed by atoms with Gasteiger partial charge in [-0.2, -0.15) is 0 Å². The van der Waals surface area contributed by atoms with Crippen LogP contribution in [0.4, 0.5) is 10.1 Å². The van der Waals surface area contributed by atoms with Gasteiger partial charge >= 0.3 is 0 Å². The Bertz CT molecular complexity index is 1060. The van der Waals surface area contributed by atoms with Crippen LogP contribution in [0, 0.1) is 5.82 Å². The predicted octanol–water partition coefficient (Wildman–Crippen LogP) is 3.03. The standard InChI is InChI=1S/C21H18FN3O2/c1-14-10-16-4-2-3-5-19(16)25(14)21(27)12-24-13-23-18(11-20(24)26)15-6-8-17(22)9-7-15/h2-9,11,13-14H,10,12H2,1H3/t14-/m0/s1. The first-order chi connectivity index (χ1) is 13.0. The van der Waals surface area contributed by atoms with E-state index in [9.17, 15) is 14.0 Å². The quantitative estimate of drug-likeness (QED) is 0.719. The van der Waals surface area contributed by atoms with Crippen molar-refractivity contribution < 1.29 is 9.18 Å². The molecule has 0 aliphatic carbocycles. The molecular weight excluding hydrogens is 345 g/mol. The van der Waals surface area contributed by atoms with Crippen LogP contribution in [0.25, 0.3) is 11.3 Å². The molecule has 0 spiro atoms. The average Bonchev–Trinajstić information content (AvgIpc) is 3.00. The fourth-order valence-corrected chi connectivity index (χ4v) is 3.49. The number of halogens is 1. The molecule has 0 fully saturated rings. The summed E-state index contributed by atoms with van der Waals surface area (Å²) in [5.41, 5.74) is 2.81. The van der Waals surface area contributed by atoms with Crippen molar-refractivity contribution >= 4 is 11.6 Å². The van der Waals surface area contributed by atoms with Crippen LogP contribution in [0.15, 0.2) is 65.7 Å². The Hall–Kier alpha value is -3.28. The normalized spacial score (nSPS) is 15.6. The van der Waals surface area contributed by atoms with Gasteiger partial charge in [-0.1, -0.05) is 18.2 Å². The Morgan fingerprint density at radius 2 is 1.93 bits per heavy atom. The van der Waals surface area contributed by atoms with E-state index in [-0.39, 0.29) is 29.9 Å². The highest BCUT2D eigenvalue weighted by molar-refractivity contribution is 5.96. The van der Waals surface area contributed by atoms with Gasteiger partial charge in [0.2, 0.25) is 5.91 Å². The van der Waals surface area contributed by atoms with Gasteiger partial charge in [-0.05, 0) is 49.2 Å². The molecule has 1 amide bonds. The lowest BCUT2D eigenvalue weighted by molar-refractivity contribution is -0.119. The van der Waals surface area contributed by atoms with E-state index in [0.29, 0.717) is 11.3 Å². The highest BCUT2D eigenvalue weighted by Crippen LogP contribution is 2.31. The first-order valence-corrected chi connectivity index (χ1v) is 8.75. The van der Waals surface area contributed by atoms with Crippen molar-refractivity contribution in [2.45, 2.75) is 25.9 Å². The van der Waals surface area contributed by atoms with Gasteiger partial charge in [0.1, 0.15) is 12.4 Å². The second-order valence-electron chi connectivity index (χ2n) is 6.69. The van der Waals surface area contributed by atoms with Gasteiger partial charge in [0, 0.05) is 23.4 Å². The van der Waals surface area contributed by atoms with E-state index >= 15 is 0 Å². The summed E-state index contributed by atoms with van der Waals surface area (Å²) in [7, 11) is 0. The van der Waals surface area contributed by atoms with Crippen LogP contribution in [-0.2, 0) is 17.8 Å². The maximum atomic E-state index is 13.0. The first-order valence-electron chi connectivity index (χ1n) is 8.75. The third-order valence-corrected chi connectivity index (χ3v) is 4.80. The number of carbonyl (C=O) groups excluding carboxylic acids is 1. The van der Waals surface area contributed by atoms with E-state index in [1.807, 2.05) is 31.2 Å². The van der Waals surface area contributed by atoms with Crippen LogP contribution < -0.4 is 10.5 Å². The molecule has 0 saturated carbocycles. The molecule has 27 heavy (non-hydrogen) atoms. The van der Waals surface area contributed by atoms with Crippen molar-refractivity contribution in [3.63, 3.8) is 0 Å². The van der Waals surface area contributed by atoms with Crippen molar-refractivity contribution in [3.8, 4) is 11.3 Å². The molecular formula is C21H18FN3O2. The summed E-state index contributed by atoms with van der Waals surface area (Å²) in [5.74, 6) is -0.497. The molecule has 1 aliphatic rings. The highest BCUT2D eigenvalue weighted by Gasteiger charge is 2.30. The van der Waals surface area contributed by atoms with E-state index < -0.39 is 0 Å². The molecule has 3 aromatic rings. The van der Waals surface area contributed by atoms with Crippen molar-refractivity contribution in [2.75, 3.05) is 4.90 Å². The molecule has 1 aromatic heterocycles. The Labute approximate surface area is 155 Å². The molecule has 0 radical (unpaired) electrons. The fourth-order valence-electron chi connectivity index (χ4n) is 3.49. The van der Waals surface area contributed by atoms with Gasteiger partial charge in [0.05, 0.1) is 12.0 Å². The summed E-state index contributed by atoms with van der Waals surface area (Å²) >= 11 is 0. The van der Waals surface area contributed by atoms with Crippen LogP contribution in [0.2, 0.25) is 0 Å². The van der Waals surface area contributed by atoms with Crippen LogP contribution in [0.1, 0.15) is 12.5 Å². The lowest BCUT2D eigenvalue weighted by Gasteiger charge is -2.23. The Morgan fingerprint density at radius 1 is 1.19 bits per heavy atom. The Balaban J connectivity index is 1.57. The number of para-hydroxylation sites is 1. The Morgan fingerprint density at radius 3 is 2.67 bits per heavy atom. The van der Waals surface area contributed by atoms with Crippen molar-refractivity contribution in [2.24, 2.45) is 0 Å². The van der Waals surface area contributed by atoms with Gasteiger partial charge in [0.15, 0.2) is 0 Å². The van der Waals surface area contributed by atoms with Crippen molar-refractivity contribution in [1.82, 2.24) is 9.55 Å². The third-order valence-electron chi connectivity index (χ3n) is 4.80. The first kappa shape index (κ1) is 17.1. The van der Waals surface area contributed by atoms with E-state index in [1.54, 1.807) is 17.0 Å². The Kier molecular flexibility index (Phi) is 4.32. The van der Waals surface area contributed by atoms with E-state index in [1.165, 1.54) is 29.1 Å². The number of hydrogen-bond acceptors (Lipinski definition) is 3. The van der Waals surface area contributed by atoms with Gasteiger partial charge in [-0.15, -0.1) is 0 Å². The van der Waals surface area contributed by atoms with Gasteiger partial charge in [-0.3, -0.25) is 14.2 Å². The van der Waals surface area contributed by atoms with Gasteiger partial charge < -0.3 is 4.90 Å². The monoisotopic (exact) mass is 363 g/mol. The van der Waals surface area contributed by atoms with E-state index in [4.69, 9.17) is 0 Å². The number of aromatic nitrogens is 2. The molecule has 2 heterocycles. The number of fused-ring (bicyclic) bond motifs is 1. The summed E-state index contributed by atoms with van der Waals surface area (Å²) in [4.78, 5) is 31.3. The van der Waals surface area contributed by atoms with Gasteiger partial charge in [0.25, 0.3) is 5.56 Å². The highest BCUT2D eigenvalue weighted by atomic mass is 19.1. The fraction of sp³-hybridized carbons (Fsp3) is 0.190. The minimum absolute atomic E-state index is 0.0528. The average molecular weight is 363 g/mol. The zero-order chi connectivity index (χ0) is 19.0. The molecule has 0 unspecified atom stereocenters. The molecule has 1 aliphatic heterocycles. The third kappa shape index (κ3) is 3.26. The summed E-state index contributed by atoms with van der Waals surface area (Å²) in [6.45, 7) is 1.92. The minimum atomic E-state index is -0.349. The van der Waals surface area contributed by atoms with Crippen LogP contribution in [0.5, 0.6) is 0 Å². The number of carbonyl (C=O) groups is 1. The SMILES string of the molecule is C[C@H]1Cc2ccccc2N1C(=O)Cn1cnc(-c2ccc(F)cc2)cc1=O. The molecule has 0 N–H and O–H groups in total. The molecule has 6 heteroatoms. The second kappa shape index (κ2) is 6.79. The van der Waals surface area contributed by atoms with Gasteiger partial charge in [-0.25, -0.2) is 9.37 Å². The topological polar surface area (TPSA) is 55.2 Å². The zero-order valence-electron chi connectivity index (χ0n) is 14.8. The maximum absolute atomic E-state index is 13.0. The van der Waals surface area contributed by atoms with E-state index in [0.717, 1.165) is 17.7 Å². The lowest BCUT2D eigenvalue weighted by Crippen LogP contribution is -2.39. The largest absolute Gasteiger partial charge is 0.307 e. The summed E-state index contributed by atoms with van der Waals surface area (Å²) in [6.07, 6.45) is 2.17. The molecule has 1 atom stereocenters.